The molecule has 1 rings (SSSR count). The van der Waals surface area contributed by atoms with Crippen molar-refractivity contribution in [2.75, 3.05) is 13.7 Å². The molecular formula is C18H30O2. The van der Waals surface area contributed by atoms with Crippen LogP contribution in [0.5, 0.6) is 5.75 Å². The van der Waals surface area contributed by atoms with Crippen LogP contribution >= 0.6 is 0 Å². The Labute approximate surface area is 124 Å². The molecule has 2 nitrogen and oxygen atoms in total. The summed E-state index contributed by atoms with van der Waals surface area (Å²) in [6, 6.07) is 8.06. The topological polar surface area (TPSA) is 18.5 Å². The molecule has 0 aliphatic rings. The Morgan fingerprint density at radius 1 is 0.850 bits per heavy atom. The van der Waals surface area contributed by atoms with Crippen molar-refractivity contribution in [3.8, 4) is 5.75 Å². The zero-order valence-electron chi connectivity index (χ0n) is 13.2. The molecule has 1 aromatic carbocycles. The van der Waals surface area contributed by atoms with Gasteiger partial charge >= 0.3 is 0 Å². The van der Waals surface area contributed by atoms with Crippen LogP contribution in [0.4, 0.5) is 0 Å². The largest absolute Gasteiger partial charge is 0.496 e. The third kappa shape index (κ3) is 7.54. The Kier molecular flexibility index (Phi) is 10.0. The van der Waals surface area contributed by atoms with Gasteiger partial charge in [0, 0.05) is 12.2 Å². The average molecular weight is 278 g/mol. The summed E-state index contributed by atoms with van der Waals surface area (Å²) in [5, 5.41) is 0. The van der Waals surface area contributed by atoms with E-state index in [4.69, 9.17) is 9.47 Å². The first-order valence-corrected chi connectivity index (χ1v) is 8.08. The smallest absolute Gasteiger partial charge is 0.124 e. The van der Waals surface area contributed by atoms with E-state index in [0.29, 0.717) is 6.61 Å². The highest BCUT2D eigenvalue weighted by Gasteiger charge is 2.01. The first kappa shape index (κ1) is 17.0. The number of hydrogen-bond donors (Lipinski definition) is 0. The second-order valence-corrected chi connectivity index (χ2v) is 5.34. The normalized spacial score (nSPS) is 10.7. The van der Waals surface area contributed by atoms with E-state index in [-0.39, 0.29) is 0 Å². The lowest BCUT2D eigenvalue weighted by Crippen LogP contribution is -1.98. The van der Waals surface area contributed by atoms with Gasteiger partial charge in [0.2, 0.25) is 0 Å². The van der Waals surface area contributed by atoms with Crippen molar-refractivity contribution in [1.82, 2.24) is 0 Å². The van der Waals surface area contributed by atoms with E-state index in [1.165, 1.54) is 51.4 Å². The summed E-state index contributed by atoms with van der Waals surface area (Å²) in [4.78, 5) is 0. The molecule has 0 unspecified atom stereocenters. The van der Waals surface area contributed by atoms with Gasteiger partial charge in [-0.2, -0.15) is 0 Å². The molecule has 0 aliphatic carbocycles. The maximum Gasteiger partial charge on any atom is 0.124 e. The summed E-state index contributed by atoms with van der Waals surface area (Å²) in [7, 11) is 1.71. The molecule has 0 aliphatic heterocycles. The molecule has 0 N–H and O–H groups in total. The van der Waals surface area contributed by atoms with Crippen LogP contribution in [0.2, 0.25) is 0 Å². The van der Waals surface area contributed by atoms with Crippen molar-refractivity contribution in [2.45, 2.75) is 64.9 Å². The molecule has 0 bridgehead atoms. The van der Waals surface area contributed by atoms with E-state index in [2.05, 4.69) is 13.0 Å². The Balaban J connectivity index is 1.97. The van der Waals surface area contributed by atoms with E-state index in [0.717, 1.165) is 17.9 Å². The number of hydrogen-bond acceptors (Lipinski definition) is 2. The van der Waals surface area contributed by atoms with Gasteiger partial charge in [-0.1, -0.05) is 70.1 Å². The fraction of sp³-hybridized carbons (Fsp3) is 0.667. The van der Waals surface area contributed by atoms with Crippen LogP contribution in [0.3, 0.4) is 0 Å². The molecule has 0 spiro atoms. The van der Waals surface area contributed by atoms with Crippen LogP contribution < -0.4 is 4.74 Å². The summed E-state index contributed by atoms with van der Waals surface area (Å²) in [5.74, 6) is 0.920. The van der Waals surface area contributed by atoms with Gasteiger partial charge in [-0.3, -0.25) is 0 Å². The van der Waals surface area contributed by atoms with Crippen molar-refractivity contribution in [2.24, 2.45) is 0 Å². The molecule has 20 heavy (non-hydrogen) atoms. The van der Waals surface area contributed by atoms with Crippen LogP contribution in [0.1, 0.15) is 63.9 Å². The number of methoxy groups -OCH3 is 1. The van der Waals surface area contributed by atoms with E-state index < -0.39 is 0 Å². The highest BCUT2D eigenvalue weighted by Crippen LogP contribution is 2.18. The minimum absolute atomic E-state index is 0.653. The first-order valence-electron chi connectivity index (χ1n) is 8.08. The number of rotatable bonds is 12. The van der Waals surface area contributed by atoms with Crippen molar-refractivity contribution < 1.29 is 9.47 Å². The fourth-order valence-electron chi connectivity index (χ4n) is 2.34. The van der Waals surface area contributed by atoms with Gasteiger partial charge in [-0.05, 0) is 12.5 Å². The van der Waals surface area contributed by atoms with Crippen molar-refractivity contribution in [3.05, 3.63) is 29.8 Å². The number of ether oxygens (including phenoxy) is 2. The standard InChI is InChI=1S/C18H30O2/c1-3-4-5-6-7-8-9-12-15-20-16-17-13-10-11-14-18(17)19-2/h10-11,13-14H,3-9,12,15-16H2,1-2H3. The SMILES string of the molecule is CCCCCCCCCCOCc1ccccc1OC. The monoisotopic (exact) mass is 278 g/mol. The number of unbranched alkanes of at least 4 members (excludes halogenated alkanes) is 7. The molecule has 0 atom stereocenters. The molecule has 114 valence electrons. The van der Waals surface area contributed by atoms with Gasteiger partial charge < -0.3 is 9.47 Å². The molecule has 0 amide bonds. The lowest BCUT2D eigenvalue weighted by atomic mass is 10.1. The molecule has 0 radical (unpaired) electrons. The van der Waals surface area contributed by atoms with Crippen molar-refractivity contribution >= 4 is 0 Å². The van der Waals surface area contributed by atoms with Gasteiger partial charge in [-0.15, -0.1) is 0 Å². The second kappa shape index (κ2) is 11.8. The Bertz CT molecular complexity index is 336. The van der Waals surface area contributed by atoms with Gasteiger partial charge in [0.1, 0.15) is 5.75 Å². The molecule has 0 saturated carbocycles. The van der Waals surface area contributed by atoms with Crippen molar-refractivity contribution in [3.63, 3.8) is 0 Å². The fourth-order valence-corrected chi connectivity index (χ4v) is 2.34. The van der Waals surface area contributed by atoms with Crippen LogP contribution in [-0.4, -0.2) is 13.7 Å². The summed E-state index contributed by atoms with van der Waals surface area (Å²) >= 11 is 0. The summed E-state index contributed by atoms with van der Waals surface area (Å²) in [6.07, 6.45) is 10.7. The summed E-state index contributed by atoms with van der Waals surface area (Å²) in [5.41, 5.74) is 1.13. The molecule has 1 aromatic rings. The van der Waals surface area contributed by atoms with Crippen LogP contribution in [-0.2, 0) is 11.3 Å². The highest BCUT2D eigenvalue weighted by atomic mass is 16.5. The molecule has 0 saturated heterocycles. The Morgan fingerprint density at radius 3 is 2.20 bits per heavy atom. The minimum Gasteiger partial charge on any atom is -0.496 e. The zero-order valence-corrected chi connectivity index (χ0v) is 13.2. The lowest BCUT2D eigenvalue weighted by molar-refractivity contribution is 0.115. The molecule has 0 fully saturated rings. The van der Waals surface area contributed by atoms with Gasteiger partial charge in [0.15, 0.2) is 0 Å². The second-order valence-electron chi connectivity index (χ2n) is 5.34. The Morgan fingerprint density at radius 2 is 1.50 bits per heavy atom. The van der Waals surface area contributed by atoms with Gasteiger partial charge in [0.25, 0.3) is 0 Å². The Hall–Kier alpha value is -1.02. The average Bonchev–Trinajstić information content (AvgIpc) is 2.49. The van der Waals surface area contributed by atoms with E-state index in [9.17, 15) is 0 Å². The first-order chi connectivity index (χ1) is 9.88. The number of benzene rings is 1. The molecule has 0 aromatic heterocycles. The summed E-state index contributed by atoms with van der Waals surface area (Å²) in [6.45, 7) is 3.77. The highest BCUT2D eigenvalue weighted by molar-refractivity contribution is 5.32. The molecule has 0 heterocycles. The lowest BCUT2D eigenvalue weighted by Gasteiger charge is -2.08. The molecular weight excluding hydrogens is 248 g/mol. The minimum atomic E-state index is 0.653. The zero-order chi connectivity index (χ0) is 14.5. The van der Waals surface area contributed by atoms with Crippen molar-refractivity contribution in [1.29, 1.82) is 0 Å². The van der Waals surface area contributed by atoms with Crippen LogP contribution in [0.15, 0.2) is 24.3 Å². The van der Waals surface area contributed by atoms with E-state index in [1.807, 2.05) is 18.2 Å². The predicted molar refractivity (Wildman–Crippen MR) is 85.3 cm³/mol. The van der Waals surface area contributed by atoms with Crippen LogP contribution in [0, 0.1) is 0 Å². The maximum atomic E-state index is 5.73. The van der Waals surface area contributed by atoms with E-state index in [1.54, 1.807) is 7.11 Å². The number of para-hydroxylation sites is 1. The quantitative estimate of drug-likeness (QED) is 0.480. The third-order valence-electron chi connectivity index (χ3n) is 3.59. The van der Waals surface area contributed by atoms with Gasteiger partial charge in [-0.25, -0.2) is 0 Å². The van der Waals surface area contributed by atoms with Gasteiger partial charge in [0.05, 0.1) is 13.7 Å². The third-order valence-corrected chi connectivity index (χ3v) is 3.59. The maximum absolute atomic E-state index is 5.73. The summed E-state index contributed by atoms with van der Waals surface area (Å²) < 4.78 is 11.0. The van der Waals surface area contributed by atoms with E-state index >= 15 is 0 Å². The van der Waals surface area contributed by atoms with Crippen LogP contribution in [0.25, 0.3) is 0 Å². The molecule has 2 heteroatoms. The predicted octanol–water partition coefficient (Wildman–Crippen LogP) is 5.35.